The SMILES string of the molecule is CCOc1ccc(/C=C(/C#N)c2nc3cc(C)c(C)cc3[nH]2)cc1Br. The van der Waals surface area contributed by atoms with Crippen LogP contribution in [0.4, 0.5) is 0 Å². The van der Waals surface area contributed by atoms with Gasteiger partial charge in [0.15, 0.2) is 0 Å². The van der Waals surface area contributed by atoms with Gasteiger partial charge in [-0.1, -0.05) is 6.07 Å². The summed E-state index contributed by atoms with van der Waals surface area (Å²) in [5.74, 6) is 1.36. The molecule has 126 valence electrons. The third-order valence-corrected chi connectivity index (χ3v) is 4.66. The van der Waals surface area contributed by atoms with E-state index in [1.165, 1.54) is 11.1 Å². The Morgan fingerprint density at radius 1 is 1.28 bits per heavy atom. The molecule has 0 aliphatic heterocycles. The molecule has 2 aromatic carbocycles. The first-order chi connectivity index (χ1) is 12.0. The van der Waals surface area contributed by atoms with E-state index in [4.69, 9.17) is 4.74 Å². The highest BCUT2D eigenvalue weighted by molar-refractivity contribution is 9.10. The van der Waals surface area contributed by atoms with E-state index in [-0.39, 0.29) is 0 Å². The Morgan fingerprint density at radius 2 is 2.04 bits per heavy atom. The van der Waals surface area contributed by atoms with Crippen molar-refractivity contribution in [1.82, 2.24) is 9.97 Å². The van der Waals surface area contributed by atoms with E-state index in [1.807, 2.05) is 37.3 Å². The number of halogens is 1. The van der Waals surface area contributed by atoms with E-state index in [9.17, 15) is 5.26 Å². The number of nitrogens with one attached hydrogen (secondary N) is 1. The quantitative estimate of drug-likeness (QED) is 0.601. The van der Waals surface area contributed by atoms with Crippen LogP contribution in [-0.4, -0.2) is 16.6 Å². The average molecular weight is 396 g/mol. The summed E-state index contributed by atoms with van der Waals surface area (Å²) in [7, 11) is 0. The minimum Gasteiger partial charge on any atom is -0.493 e. The number of nitrogens with zero attached hydrogens (tertiary/aromatic N) is 2. The van der Waals surface area contributed by atoms with Gasteiger partial charge in [-0.3, -0.25) is 0 Å². The molecule has 0 saturated heterocycles. The first kappa shape index (κ1) is 17.2. The van der Waals surface area contributed by atoms with Crippen LogP contribution in [0.15, 0.2) is 34.8 Å². The number of aromatic nitrogens is 2. The zero-order chi connectivity index (χ0) is 18.0. The Bertz CT molecular complexity index is 973. The van der Waals surface area contributed by atoms with Crippen LogP contribution in [0.3, 0.4) is 0 Å². The Balaban J connectivity index is 2.01. The molecule has 0 aliphatic carbocycles. The molecule has 1 aromatic heterocycles. The van der Waals surface area contributed by atoms with E-state index >= 15 is 0 Å². The molecule has 3 rings (SSSR count). The molecule has 0 unspecified atom stereocenters. The van der Waals surface area contributed by atoms with E-state index in [0.29, 0.717) is 18.0 Å². The molecule has 0 aliphatic rings. The first-order valence-electron chi connectivity index (χ1n) is 8.03. The van der Waals surface area contributed by atoms with Crippen LogP contribution in [0.1, 0.15) is 29.4 Å². The number of rotatable bonds is 4. The molecule has 4 nitrogen and oxygen atoms in total. The predicted octanol–water partition coefficient (Wildman–Crippen LogP) is 5.41. The molecule has 0 fully saturated rings. The van der Waals surface area contributed by atoms with Crippen molar-refractivity contribution in [3.8, 4) is 11.8 Å². The molecule has 0 amide bonds. The Kier molecular flexibility index (Phi) is 4.91. The van der Waals surface area contributed by atoms with Gasteiger partial charge < -0.3 is 9.72 Å². The lowest BCUT2D eigenvalue weighted by Gasteiger charge is -2.06. The summed E-state index contributed by atoms with van der Waals surface area (Å²) in [6.45, 7) is 6.67. The highest BCUT2D eigenvalue weighted by atomic mass is 79.9. The number of hydrogen-bond acceptors (Lipinski definition) is 3. The minimum atomic E-state index is 0.488. The van der Waals surface area contributed by atoms with Crippen molar-refractivity contribution in [3.05, 3.63) is 57.3 Å². The van der Waals surface area contributed by atoms with Crippen LogP contribution in [0.2, 0.25) is 0 Å². The summed E-state index contributed by atoms with van der Waals surface area (Å²) in [5, 5.41) is 9.57. The third-order valence-electron chi connectivity index (χ3n) is 4.04. The van der Waals surface area contributed by atoms with Gasteiger partial charge in [-0.05, 0) is 83.7 Å². The topological polar surface area (TPSA) is 61.7 Å². The zero-order valence-corrected chi connectivity index (χ0v) is 15.9. The number of hydrogen-bond donors (Lipinski definition) is 1. The van der Waals surface area contributed by atoms with Gasteiger partial charge in [0.2, 0.25) is 0 Å². The lowest BCUT2D eigenvalue weighted by molar-refractivity contribution is 0.338. The summed E-state index contributed by atoms with van der Waals surface area (Å²) in [4.78, 5) is 7.81. The van der Waals surface area contributed by atoms with E-state index < -0.39 is 0 Å². The van der Waals surface area contributed by atoms with Gasteiger partial charge in [0.25, 0.3) is 0 Å². The lowest BCUT2D eigenvalue weighted by atomic mass is 10.1. The number of aryl methyl sites for hydroxylation is 2. The van der Waals surface area contributed by atoms with Crippen molar-refractivity contribution in [2.24, 2.45) is 0 Å². The first-order valence-corrected chi connectivity index (χ1v) is 8.82. The molecule has 25 heavy (non-hydrogen) atoms. The summed E-state index contributed by atoms with van der Waals surface area (Å²) < 4.78 is 6.38. The standard InChI is InChI=1S/C20H18BrN3O/c1-4-25-19-6-5-14(10-16(19)21)9-15(11-22)20-23-17-7-12(2)13(3)8-18(17)24-20/h5-10H,4H2,1-3H3,(H,23,24)/b15-9-. The second-order valence-electron chi connectivity index (χ2n) is 5.83. The smallest absolute Gasteiger partial charge is 0.149 e. The van der Waals surface area contributed by atoms with Gasteiger partial charge in [-0.15, -0.1) is 0 Å². The van der Waals surface area contributed by atoms with Crippen LogP contribution in [0, 0.1) is 25.2 Å². The van der Waals surface area contributed by atoms with Crippen LogP contribution < -0.4 is 4.74 Å². The minimum absolute atomic E-state index is 0.488. The zero-order valence-electron chi connectivity index (χ0n) is 14.4. The van der Waals surface area contributed by atoms with Crippen molar-refractivity contribution in [1.29, 1.82) is 5.26 Å². The maximum absolute atomic E-state index is 9.57. The number of allylic oxidation sites excluding steroid dienone is 1. The summed E-state index contributed by atoms with van der Waals surface area (Å²) >= 11 is 3.50. The second kappa shape index (κ2) is 7.12. The van der Waals surface area contributed by atoms with Crippen LogP contribution in [-0.2, 0) is 0 Å². The summed E-state index contributed by atoms with van der Waals surface area (Å²) in [6.07, 6.45) is 1.82. The maximum atomic E-state index is 9.57. The highest BCUT2D eigenvalue weighted by Crippen LogP contribution is 2.28. The number of imidazole rings is 1. The number of H-pyrrole nitrogens is 1. The molecule has 1 heterocycles. The molecule has 0 saturated carbocycles. The fourth-order valence-electron chi connectivity index (χ4n) is 2.60. The maximum Gasteiger partial charge on any atom is 0.149 e. The molecule has 0 radical (unpaired) electrons. The predicted molar refractivity (Wildman–Crippen MR) is 104 cm³/mol. The summed E-state index contributed by atoms with van der Waals surface area (Å²) in [5.41, 5.74) is 5.57. The van der Waals surface area contributed by atoms with E-state index in [2.05, 4.69) is 51.9 Å². The molecule has 5 heteroatoms. The number of benzene rings is 2. The van der Waals surface area contributed by atoms with Gasteiger partial charge in [-0.2, -0.15) is 5.26 Å². The monoisotopic (exact) mass is 395 g/mol. The molecule has 0 atom stereocenters. The molecule has 0 spiro atoms. The van der Waals surface area contributed by atoms with Crippen LogP contribution in [0.25, 0.3) is 22.7 Å². The lowest BCUT2D eigenvalue weighted by Crippen LogP contribution is -1.92. The fourth-order valence-corrected chi connectivity index (χ4v) is 3.11. The normalized spacial score (nSPS) is 11.6. The van der Waals surface area contributed by atoms with Gasteiger partial charge in [-0.25, -0.2) is 4.98 Å². The largest absolute Gasteiger partial charge is 0.493 e. The molecule has 1 N–H and O–H groups in total. The second-order valence-corrected chi connectivity index (χ2v) is 6.69. The van der Waals surface area contributed by atoms with E-state index in [0.717, 1.165) is 26.8 Å². The van der Waals surface area contributed by atoms with Gasteiger partial charge in [0, 0.05) is 0 Å². The van der Waals surface area contributed by atoms with Gasteiger partial charge in [0.05, 0.1) is 27.7 Å². The Hall–Kier alpha value is -2.58. The Labute approximate surface area is 155 Å². The molecule has 3 aromatic rings. The Morgan fingerprint density at radius 3 is 2.72 bits per heavy atom. The molecular formula is C20H18BrN3O. The molecular weight excluding hydrogens is 378 g/mol. The number of ether oxygens (including phenoxy) is 1. The number of aromatic amines is 1. The van der Waals surface area contributed by atoms with Gasteiger partial charge in [0.1, 0.15) is 17.6 Å². The van der Waals surface area contributed by atoms with Crippen molar-refractivity contribution >= 4 is 38.6 Å². The van der Waals surface area contributed by atoms with Gasteiger partial charge >= 0.3 is 0 Å². The van der Waals surface area contributed by atoms with Crippen molar-refractivity contribution in [2.45, 2.75) is 20.8 Å². The van der Waals surface area contributed by atoms with Crippen molar-refractivity contribution < 1.29 is 4.74 Å². The average Bonchev–Trinajstić information content (AvgIpc) is 2.98. The number of nitriles is 1. The fraction of sp³-hybridized carbons (Fsp3) is 0.200. The van der Waals surface area contributed by atoms with Crippen LogP contribution >= 0.6 is 15.9 Å². The van der Waals surface area contributed by atoms with Crippen molar-refractivity contribution in [3.63, 3.8) is 0 Å². The van der Waals surface area contributed by atoms with Crippen molar-refractivity contribution in [2.75, 3.05) is 6.61 Å². The third kappa shape index (κ3) is 3.59. The molecule has 0 bridgehead atoms. The highest BCUT2D eigenvalue weighted by Gasteiger charge is 2.10. The number of fused-ring (bicyclic) bond motifs is 1. The summed E-state index contributed by atoms with van der Waals surface area (Å²) in [6, 6.07) is 12.1. The van der Waals surface area contributed by atoms with E-state index in [1.54, 1.807) is 0 Å². The van der Waals surface area contributed by atoms with Crippen LogP contribution in [0.5, 0.6) is 5.75 Å².